The molecule has 1 heterocycles. The molecule has 0 bridgehead atoms. The molecule has 3 aromatic rings. The summed E-state index contributed by atoms with van der Waals surface area (Å²) in [6.45, 7) is 0. The predicted molar refractivity (Wildman–Crippen MR) is 73.7 cm³/mol. The van der Waals surface area contributed by atoms with Gasteiger partial charge in [-0.25, -0.2) is 9.37 Å². The van der Waals surface area contributed by atoms with Gasteiger partial charge in [-0.2, -0.15) is 4.98 Å². The second kappa shape index (κ2) is 4.93. The van der Waals surface area contributed by atoms with Crippen LogP contribution >= 0.6 is 15.9 Å². The predicted octanol–water partition coefficient (Wildman–Crippen LogP) is 4.32. The molecule has 5 heteroatoms. The van der Waals surface area contributed by atoms with Crippen LogP contribution in [0.15, 0.2) is 53.1 Å². The van der Waals surface area contributed by atoms with E-state index in [2.05, 4.69) is 25.9 Å². The second-order valence-electron chi connectivity index (χ2n) is 3.89. The maximum atomic E-state index is 13.2. The number of ether oxygens (including phenoxy) is 1. The number of nitrogens with zero attached hydrogens (tertiary/aromatic N) is 2. The van der Waals surface area contributed by atoms with Crippen LogP contribution in [0.2, 0.25) is 0 Å². The summed E-state index contributed by atoms with van der Waals surface area (Å²) in [6, 6.07) is 12.0. The molecule has 0 N–H and O–H groups in total. The highest BCUT2D eigenvalue weighted by atomic mass is 79.9. The molecule has 0 saturated heterocycles. The average Bonchev–Trinajstić information content (AvgIpc) is 2.43. The third-order valence-corrected chi connectivity index (χ3v) is 3.22. The average molecular weight is 319 g/mol. The highest BCUT2D eigenvalue weighted by molar-refractivity contribution is 9.10. The van der Waals surface area contributed by atoms with E-state index in [1.807, 2.05) is 24.3 Å². The van der Waals surface area contributed by atoms with Gasteiger partial charge < -0.3 is 4.74 Å². The van der Waals surface area contributed by atoms with Crippen molar-refractivity contribution in [1.29, 1.82) is 0 Å². The molecule has 3 rings (SSSR count). The van der Waals surface area contributed by atoms with E-state index in [0.717, 1.165) is 10.9 Å². The van der Waals surface area contributed by atoms with Crippen molar-refractivity contribution in [2.75, 3.05) is 0 Å². The molecular weight excluding hydrogens is 311 g/mol. The van der Waals surface area contributed by atoms with Gasteiger partial charge in [0, 0.05) is 17.6 Å². The first-order valence-electron chi connectivity index (χ1n) is 5.57. The third-order valence-electron chi connectivity index (χ3n) is 2.56. The first kappa shape index (κ1) is 12.0. The Labute approximate surface area is 117 Å². The largest absolute Gasteiger partial charge is 0.423 e. The summed E-state index contributed by atoms with van der Waals surface area (Å²) < 4.78 is 19.3. The van der Waals surface area contributed by atoms with E-state index in [1.54, 1.807) is 12.3 Å². The zero-order chi connectivity index (χ0) is 13.2. The van der Waals surface area contributed by atoms with Crippen LogP contribution in [0.3, 0.4) is 0 Å². The maximum absolute atomic E-state index is 13.2. The smallest absolute Gasteiger partial charge is 0.322 e. The Balaban J connectivity index is 1.98. The van der Waals surface area contributed by atoms with Gasteiger partial charge in [-0.3, -0.25) is 0 Å². The molecular formula is C14H8BrFN2O. The van der Waals surface area contributed by atoms with Crippen LogP contribution in [-0.4, -0.2) is 9.97 Å². The van der Waals surface area contributed by atoms with Crippen LogP contribution in [0.1, 0.15) is 0 Å². The van der Waals surface area contributed by atoms with Gasteiger partial charge in [-0.1, -0.05) is 18.2 Å². The van der Waals surface area contributed by atoms with Crippen molar-refractivity contribution < 1.29 is 9.13 Å². The van der Waals surface area contributed by atoms with E-state index in [1.165, 1.54) is 12.1 Å². The fourth-order valence-corrected chi connectivity index (χ4v) is 1.99. The minimum absolute atomic E-state index is 0.185. The lowest BCUT2D eigenvalue weighted by Gasteiger charge is -2.06. The molecule has 3 nitrogen and oxygen atoms in total. The molecule has 0 aliphatic heterocycles. The van der Waals surface area contributed by atoms with Crippen LogP contribution in [0.4, 0.5) is 4.39 Å². The van der Waals surface area contributed by atoms with Crippen LogP contribution in [0.5, 0.6) is 11.8 Å². The van der Waals surface area contributed by atoms with E-state index in [9.17, 15) is 4.39 Å². The molecule has 0 atom stereocenters. The van der Waals surface area contributed by atoms with Crippen molar-refractivity contribution in [3.63, 3.8) is 0 Å². The summed E-state index contributed by atoms with van der Waals surface area (Å²) in [5, 5.41) is 0.924. The number of para-hydroxylation sites is 1. The van der Waals surface area contributed by atoms with Crippen molar-refractivity contribution in [2.24, 2.45) is 0 Å². The van der Waals surface area contributed by atoms with Gasteiger partial charge in [0.1, 0.15) is 11.6 Å². The second-order valence-corrected chi connectivity index (χ2v) is 4.74. The Morgan fingerprint density at radius 2 is 1.95 bits per heavy atom. The maximum Gasteiger partial charge on any atom is 0.322 e. The van der Waals surface area contributed by atoms with Gasteiger partial charge in [-0.15, -0.1) is 0 Å². The molecule has 2 aromatic carbocycles. The molecule has 0 radical (unpaired) electrons. The lowest BCUT2D eigenvalue weighted by Crippen LogP contribution is -1.93. The Kier molecular flexibility index (Phi) is 3.13. The normalized spacial score (nSPS) is 10.6. The fraction of sp³-hybridized carbons (Fsp3) is 0. The topological polar surface area (TPSA) is 35.0 Å². The SMILES string of the molecule is Fc1ccc(Br)c(Oc2ncc3ccccc3n2)c1. The van der Waals surface area contributed by atoms with Gasteiger partial charge in [0.25, 0.3) is 0 Å². The summed E-state index contributed by atoms with van der Waals surface area (Å²) in [5.41, 5.74) is 0.778. The number of halogens is 2. The molecule has 0 saturated carbocycles. The number of aromatic nitrogens is 2. The number of benzene rings is 2. The Hall–Kier alpha value is -2.01. The number of fused-ring (bicyclic) bond motifs is 1. The molecule has 19 heavy (non-hydrogen) atoms. The highest BCUT2D eigenvalue weighted by Gasteiger charge is 2.07. The Morgan fingerprint density at radius 1 is 1.11 bits per heavy atom. The minimum atomic E-state index is -0.376. The summed E-state index contributed by atoms with van der Waals surface area (Å²) in [4.78, 5) is 8.36. The van der Waals surface area contributed by atoms with Crippen molar-refractivity contribution in [1.82, 2.24) is 9.97 Å². The van der Waals surface area contributed by atoms with E-state index in [0.29, 0.717) is 10.2 Å². The zero-order valence-electron chi connectivity index (χ0n) is 9.68. The molecule has 0 aliphatic rings. The quantitative estimate of drug-likeness (QED) is 0.705. The minimum Gasteiger partial charge on any atom is -0.423 e. The van der Waals surface area contributed by atoms with Gasteiger partial charge in [0.2, 0.25) is 0 Å². The standard InChI is InChI=1S/C14H8BrFN2O/c15-11-6-5-10(16)7-13(11)19-14-17-8-9-3-1-2-4-12(9)18-14/h1-8H. The highest BCUT2D eigenvalue weighted by Crippen LogP contribution is 2.29. The van der Waals surface area contributed by atoms with E-state index in [-0.39, 0.29) is 11.8 Å². The lowest BCUT2D eigenvalue weighted by molar-refractivity contribution is 0.437. The van der Waals surface area contributed by atoms with Gasteiger partial charge in [-0.05, 0) is 34.1 Å². The molecule has 0 amide bonds. The first-order chi connectivity index (χ1) is 9.22. The van der Waals surface area contributed by atoms with Crippen LogP contribution in [0, 0.1) is 5.82 Å². The van der Waals surface area contributed by atoms with Crippen LogP contribution in [-0.2, 0) is 0 Å². The summed E-state index contributed by atoms with van der Waals surface area (Å²) in [5.74, 6) is -0.0331. The van der Waals surface area contributed by atoms with Crippen LogP contribution in [0.25, 0.3) is 10.9 Å². The van der Waals surface area contributed by atoms with E-state index < -0.39 is 0 Å². The zero-order valence-corrected chi connectivity index (χ0v) is 11.3. The van der Waals surface area contributed by atoms with Crippen molar-refractivity contribution >= 4 is 26.8 Å². The molecule has 1 aromatic heterocycles. The fourth-order valence-electron chi connectivity index (χ4n) is 1.66. The monoisotopic (exact) mass is 318 g/mol. The number of hydrogen-bond donors (Lipinski definition) is 0. The van der Waals surface area contributed by atoms with E-state index >= 15 is 0 Å². The van der Waals surface area contributed by atoms with Crippen molar-refractivity contribution in [3.8, 4) is 11.8 Å². The molecule has 0 spiro atoms. The number of hydrogen-bond acceptors (Lipinski definition) is 3. The Morgan fingerprint density at radius 3 is 2.84 bits per heavy atom. The lowest BCUT2D eigenvalue weighted by atomic mass is 10.2. The summed E-state index contributed by atoms with van der Waals surface area (Å²) in [7, 11) is 0. The van der Waals surface area contributed by atoms with Gasteiger partial charge >= 0.3 is 6.01 Å². The van der Waals surface area contributed by atoms with E-state index in [4.69, 9.17) is 4.74 Å². The third kappa shape index (κ3) is 2.56. The van der Waals surface area contributed by atoms with Crippen LogP contribution < -0.4 is 4.74 Å². The summed E-state index contributed by atoms with van der Waals surface area (Å²) >= 11 is 3.29. The van der Waals surface area contributed by atoms with Crippen molar-refractivity contribution in [2.45, 2.75) is 0 Å². The Bertz CT molecular complexity index is 748. The van der Waals surface area contributed by atoms with Crippen molar-refractivity contribution in [3.05, 3.63) is 59.0 Å². The molecule has 0 aliphatic carbocycles. The van der Waals surface area contributed by atoms with Gasteiger partial charge in [0.15, 0.2) is 0 Å². The molecule has 0 fully saturated rings. The molecule has 94 valence electrons. The van der Waals surface area contributed by atoms with Gasteiger partial charge in [0.05, 0.1) is 9.99 Å². The first-order valence-corrected chi connectivity index (χ1v) is 6.36. The number of rotatable bonds is 2. The summed E-state index contributed by atoms with van der Waals surface area (Å²) in [6.07, 6.45) is 1.67. The molecule has 0 unspecified atom stereocenters.